The molecule has 1 unspecified atom stereocenters. The van der Waals surface area contributed by atoms with Crippen molar-refractivity contribution in [1.82, 2.24) is 0 Å². The highest BCUT2D eigenvalue weighted by Gasteiger charge is 2.42. The fourth-order valence-corrected chi connectivity index (χ4v) is 3.03. The number of aryl methyl sites for hydroxylation is 2. The second-order valence-electron chi connectivity index (χ2n) is 5.44. The summed E-state index contributed by atoms with van der Waals surface area (Å²) in [7, 11) is 1.52. The molecule has 3 rings (SSSR count). The predicted molar refractivity (Wildman–Crippen MR) is 75.4 cm³/mol. The van der Waals surface area contributed by atoms with Crippen molar-refractivity contribution >= 4 is 0 Å². The second kappa shape index (κ2) is 4.81. The molecule has 21 heavy (non-hydrogen) atoms. The number of benzene rings is 2. The number of ether oxygens (including phenoxy) is 1. The molecular weight excluding hydrogens is 274 g/mol. The molecule has 1 aliphatic rings. The van der Waals surface area contributed by atoms with Crippen molar-refractivity contribution in [2.45, 2.75) is 25.4 Å². The molecule has 1 atom stereocenters. The van der Waals surface area contributed by atoms with E-state index in [-0.39, 0.29) is 12.0 Å². The first-order chi connectivity index (χ1) is 9.97. The summed E-state index contributed by atoms with van der Waals surface area (Å²) in [6.07, 6.45) is 0.829. The Morgan fingerprint density at radius 1 is 1.19 bits per heavy atom. The van der Waals surface area contributed by atoms with E-state index in [1.54, 1.807) is 19.1 Å². The van der Waals surface area contributed by atoms with Gasteiger partial charge in [0.05, 0.1) is 12.7 Å². The molecule has 0 spiro atoms. The third-order valence-electron chi connectivity index (χ3n) is 4.22. The van der Waals surface area contributed by atoms with E-state index < -0.39 is 17.2 Å². The van der Waals surface area contributed by atoms with Gasteiger partial charge in [-0.05, 0) is 54.7 Å². The Bertz CT molecular complexity index is 712. The lowest BCUT2D eigenvalue weighted by Gasteiger charge is -2.26. The second-order valence-corrected chi connectivity index (χ2v) is 5.44. The van der Waals surface area contributed by atoms with Crippen molar-refractivity contribution in [3.63, 3.8) is 0 Å². The Morgan fingerprint density at radius 2 is 1.95 bits per heavy atom. The molecule has 0 saturated carbocycles. The zero-order chi connectivity index (χ0) is 15.2. The molecule has 0 aromatic heterocycles. The summed E-state index contributed by atoms with van der Waals surface area (Å²) < 4.78 is 33.7. The zero-order valence-electron chi connectivity index (χ0n) is 11.9. The maximum absolute atomic E-state index is 14.4. The first kappa shape index (κ1) is 14.0. The summed E-state index contributed by atoms with van der Waals surface area (Å²) in [5, 5.41) is 11.0. The monoisotopic (exact) mass is 290 g/mol. The van der Waals surface area contributed by atoms with Crippen molar-refractivity contribution in [3.8, 4) is 5.75 Å². The molecule has 2 nitrogen and oxygen atoms in total. The van der Waals surface area contributed by atoms with E-state index in [0.717, 1.165) is 5.56 Å². The molecule has 2 aromatic carbocycles. The van der Waals surface area contributed by atoms with Gasteiger partial charge in [0, 0.05) is 0 Å². The maximum Gasteiger partial charge on any atom is 0.135 e. The van der Waals surface area contributed by atoms with E-state index in [2.05, 4.69) is 0 Å². The summed E-state index contributed by atoms with van der Waals surface area (Å²) in [5.74, 6) is -0.855. The molecule has 4 heteroatoms. The number of hydrogen-bond acceptors (Lipinski definition) is 2. The Labute approximate surface area is 122 Å². The first-order valence-corrected chi connectivity index (χ1v) is 6.82. The molecule has 0 saturated heterocycles. The smallest absolute Gasteiger partial charge is 0.135 e. The molecule has 1 N–H and O–H groups in total. The molecule has 0 amide bonds. The van der Waals surface area contributed by atoms with E-state index in [9.17, 15) is 13.9 Å². The third-order valence-corrected chi connectivity index (χ3v) is 4.22. The number of aliphatic hydroxyl groups is 1. The first-order valence-electron chi connectivity index (χ1n) is 6.82. The third kappa shape index (κ3) is 2.02. The minimum atomic E-state index is -1.65. The molecular formula is C17H16F2O2. The highest BCUT2D eigenvalue weighted by Crippen LogP contribution is 2.45. The fraction of sp³-hybridized carbons (Fsp3) is 0.294. The SMILES string of the molecule is COc1ccc2c(c1)C(O)(c1c(F)ccc(C)c1F)CC2. The number of halogens is 2. The van der Waals surface area contributed by atoms with Gasteiger partial charge in [-0.2, -0.15) is 0 Å². The summed E-state index contributed by atoms with van der Waals surface area (Å²) >= 11 is 0. The summed E-state index contributed by atoms with van der Waals surface area (Å²) in [4.78, 5) is 0. The van der Waals surface area contributed by atoms with Crippen LogP contribution in [0.3, 0.4) is 0 Å². The van der Waals surface area contributed by atoms with Crippen molar-refractivity contribution in [2.75, 3.05) is 7.11 Å². The van der Waals surface area contributed by atoms with Crippen LogP contribution in [0.25, 0.3) is 0 Å². The lowest BCUT2D eigenvalue weighted by molar-refractivity contribution is 0.0742. The largest absolute Gasteiger partial charge is 0.497 e. The van der Waals surface area contributed by atoms with Crippen molar-refractivity contribution in [3.05, 3.63) is 64.2 Å². The van der Waals surface area contributed by atoms with Crippen molar-refractivity contribution < 1.29 is 18.6 Å². The average molecular weight is 290 g/mol. The van der Waals surface area contributed by atoms with Crippen LogP contribution >= 0.6 is 0 Å². The molecule has 110 valence electrons. The van der Waals surface area contributed by atoms with Gasteiger partial charge < -0.3 is 9.84 Å². The minimum absolute atomic E-state index is 0.257. The molecule has 0 bridgehead atoms. The van der Waals surface area contributed by atoms with E-state index in [1.807, 2.05) is 6.07 Å². The van der Waals surface area contributed by atoms with Crippen LogP contribution in [0.2, 0.25) is 0 Å². The van der Waals surface area contributed by atoms with Gasteiger partial charge in [-0.15, -0.1) is 0 Å². The quantitative estimate of drug-likeness (QED) is 0.917. The molecule has 0 aliphatic heterocycles. The van der Waals surface area contributed by atoms with Gasteiger partial charge in [-0.25, -0.2) is 8.78 Å². The standard InChI is InChI=1S/C17H16F2O2/c1-10-3-6-14(18)15(16(10)19)17(20)8-7-11-4-5-12(21-2)9-13(11)17/h3-6,9,20H,7-8H2,1-2H3. The van der Waals surface area contributed by atoms with Gasteiger partial charge in [-0.1, -0.05) is 12.1 Å². The zero-order valence-corrected chi connectivity index (χ0v) is 11.9. The van der Waals surface area contributed by atoms with Gasteiger partial charge in [0.2, 0.25) is 0 Å². The lowest BCUT2D eigenvalue weighted by Crippen LogP contribution is -2.27. The highest BCUT2D eigenvalue weighted by molar-refractivity contribution is 5.49. The van der Waals surface area contributed by atoms with Crippen LogP contribution in [0, 0.1) is 18.6 Å². The highest BCUT2D eigenvalue weighted by atomic mass is 19.1. The normalized spacial score (nSPS) is 20.4. The van der Waals surface area contributed by atoms with Gasteiger partial charge in [0.1, 0.15) is 23.0 Å². The number of fused-ring (bicyclic) bond motifs is 1. The van der Waals surface area contributed by atoms with Gasteiger partial charge in [0.15, 0.2) is 0 Å². The predicted octanol–water partition coefficient (Wildman–Crippen LogP) is 3.46. The Hall–Kier alpha value is -1.94. The van der Waals surface area contributed by atoms with E-state index in [4.69, 9.17) is 4.74 Å². The van der Waals surface area contributed by atoms with Crippen molar-refractivity contribution in [2.24, 2.45) is 0 Å². The van der Waals surface area contributed by atoms with Crippen LogP contribution in [0.4, 0.5) is 8.78 Å². The van der Waals surface area contributed by atoms with Crippen LogP contribution in [-0.4, -0.2) is 12.2 Å². The van der Waals surface area contributed by atoms with Crippen LogP contribution in [-0.2, 0) is 12.0 Å². The Balaban J connectivity index is 2.24. The summed E-state index contributed by atoms with van der Waals surface area (Å²) in [5.41, 5.74) is -0.195. The van der Waals surface area contributed by atoms with Gasteiger partial charge in [0.25, 0.3) is 0 Å². The summed E-state index contributed by atoms with van der Waals surface area (Å²) in [6.45, 7) is 1.56. The summed E-state index contributed by atoms with van der Waals surface area (Å²) in [6, 6.07) is 7.84. The minimum Gasteiger partial charge on any atom is -0.497 e. The molecule has 2 aromatic rings. The van der Waals surface area contributed by atoms with Crippen molar-refractivity contribution in [1.29, 1.82) is 0 Å². The lowest BCUT2D eigenvalue weighted by atomic mass is 9.86. The molecule has 1 aliphatic carbocycles. The molecule has 0 radical (unpaired) electrons. The average Bonchev–Trinajstić information content (AvgIpc) is 2.81. The van der Waals surface area contributed by atoms with Crippen LogP contribution in [0.1, 0.15) is 28.7 Å². The Kier molecular flexibility index (Phi) is 3.21. The maximum atomic E-state index is 14.4. The fourth-order valence-electron chi connectivity index (χ4n) is 3.03. The number of hydrogen-bond donors (Lipinski definition) is 1. The van der Waals surface area contributed by atoms with E-state index >= 15 is 0 Å². The molecule has 0 heterocycles. The van der Waals surface area contributed by atoms with Crippen LogP contribution < -0.4 is 4.74 Å². The van der Waals surface area contributed by atoms with Gasteiger partial charge >= 0.3 is 0 Å². The Morgan fingerprint density at radius 3 is 2.67 bits per heavy atom. The number of rotatable bonds is 2. The topological polar surface area (TPSA) is 29.5 Å². The van der Waals surface area contributed by atoms with Crippen LogP contribution in [0.15, 0.2) is 30.3 Å². The van der Waals surface area contributed by atoms with E-state index in [1.165, 1.54) is 19.2 Å². The van der Waals surface area contributed by atoms with Gasteiger partial charge in [-0.3, -0.25) is 0 Å². The molecule has 0 fully saturated rings. The van der Waals surface area contributed by atoms with E-state index in [0.29, 0.717) is 23.3 Å². The van der Waals surface area contributed by atoms with Crippen LogP contribution in [0.5, 0.6) is 5.75 Å². The number of methoxy groups -OCH3 is 1.